The van der Waals surface area contributed by atoms with Gasteiger partial charge in [0.2, 0.25) is 0 Å². The van der Waals surface area contributed by atoms with E-state index in [1.54, 1.807) is 23.7 Å². The molecule has 2 aliphatic heterocycles. The molecule has 0 amide bonds. The molecule has 2 unspecified atom stereocenters. The molecule has 2 aromatic rings. The van der Waals surface area contributed by atoms with Crippen molar-refractivity contribution in [3.63, 3.8) is 0 Å². The molecule has 0 spiro atoms. The van der Waals surface area contributed by atoms with Crippen LogP contribution in [0.25, 0.3) is 10.8 Å². The predicted molar refractivity (Wildman–Crippen MR) is 96.7 cm³/mol. The number of nitrogens with one attached hydrogen (secondary N) is 1. The highest BCUT2D eigenvalue weighted by Gasteiger charge is 2.28. The van der Waals surface area contributed by atoms with Gasteiger partial charge in [0.1, 0.15) is 0 Å². The van der Waals surface area contributed by atoms with E-state index in [2.05, 4.69) is 25.2 Å². The number of aromatic nitrogens is 3. The Bertz CT molecular complexity index is 638. The van der Waals surface area contributed by atoms with Gasteiger partial charge in [-0.05, 0) is 63.2 Å². The first-order chi connectivity index (χ1) is 11.9. The maximum Gasteiger partial charge on any atom is 0.188 e. The van der Waals surface area contributed by atoms with E-state index in [0.717, 1.165) is 29.2 Å². The van der Waals surface area contributed by atoms with Crippen LogP contribution in [0, 0.1) is 11.8 Å². The molecule has 2 atom stereocenters. The van der Waals surface area contributed by atoms with E-state index in [4.69, 9.17) is 0 Å². The molecule has 0 radical (unpaired) electrons. The predicted octanol–water partition coefficient (Wildman–Crippen LogP) is 2.81. The summed E-state index contributed by atoms with van der Waals surface area (Å²) in [5.41, 5.74) is 0. The summed E-state index contributed by atoms with van der Waals surface area (Å²) < 4.78 is 0. The molecular weight excluding hydrogens is 318 g/mol. The lowest BCUT2D eigenvalue weighted by molar-refractivity contribution is 0.116. The van der Waals surface area contributed by atoms with Crippen molar-refractivity contribution < 1.29 is 0 Å². The van der Waals surface area contributed by atoms with Gasteiger partial charge in [-0.2, -0.15) is 0 Å². The van der Waals surface area contributed by atoms with Crippen molar-refractivity contribution in [3.05, 3.63) is 29.5 Å². The summed E-state index contributed by atoms with van der Waals surface area (Å²) in [5, 5.41) is 4.50. The van der Waals surface area contributed by atoms with E-state index in [1.807, 2.05) is 12.3 Å². The van der Waals surface area contributed by atoms with Gasteiger partial charge in [-0.25, -0.2) is 15.0 Å². The average molecular weight is 344 g/mol. The minimum Gasteiger partial charge on any atom is -0.316 e. The van der Waals surface area contributed by atoms with Gasteiger partial charge in [-0.15, -0.1) is 11.3 Å². The van der Waals surface area contributed by atoms with Crippen molar-refractivity contribution in [2.45, 2.75) is 32.2 Å². The second-order valence-electron chi connectivity index (χ2n) is 6.95. The Kier molecular flexibility index (Phi) is 5.16. The SMILES string of the molecule is c1cnc(-c2ncc(CN3CCCC(C4CCCNC4)C3)s2)nc1. The van der Waals surface area contributed by atoms with Crippen LogP contribution >= 0.6 is 11.3 Å². The van der Waals surface area contributed by atoms with E-state index in [0.29, 0.717) is 0 Å². The number of hydrogen-bond donors (Lipinski definition) is 1. The zero-order valence-electron chi connectivity index (χ0n) is 14.0. The maximum atomic E-state index is 4.52. The minimum absolute atomic E-state index is 0.735. The van der Waals surface area contributed by atoms with E-state index in [-0.39, 0.29) is 0 Å². The molecule has 2 fully saturated rings. The summed E-state index contributed by atoms with van der Waals surface area (Å²) in [4.78, 5) is 17.1. The highest BCUT2D eigenvalue weighted by Crippen LogP contribution is 2.30. The highest BCUT2D eigenvalue weighted by molar-refractivity contribution is 7.14. The monoisotopic (exact) mass is 343 g/mol. The highest BCUT2D eigenvalue weighted by atomic mass is 32.1. The second-order valence-corrected chi connectivity index (χ2v) is 8.06. The molecule has 0 bridgehead atoms. The van der Waals surface area contributed by atoms with E-state index in [1.165, 1.54) is 56.7 Å². The lowest BCUT2D eigenvalue weighted by atomic mass is 9.81. The molecule has 5 nitrogen and oxygen atoms in total. The second kappa shape index (κ2) is 7.68. The summed E-state index contributed by atoms with van der Waals surface area (Å²) in [7, 11) is 0. The Morgan fingerprint density at radius 2 is 2.00 bits per heavy atom. The van der Waals surface area contributed by atoms with E-state index >= 15 is 0 Å². The van der Waals surface area contributed by atoms with Gasteiger partial charge in [0.15, 0.2) is 10.8 Å². The van der Waals surface area contributed by atoms with Gasteiger partial charge in [-0.1, -0.05) is 0 Å². The number of piperidine rings is 2. The van der Waals surface area contributed by atoms with Crippen molar-refractivity contribution in [2.24, 2.45) is 11.8 Å². The molecule has 0 aromatic carbocycles. The van der Waals surface area contributed by atoms with Crippen LogP contribution in [0.15, 0.2) is 24.7 Å². The maximum absolute atomic E-state index is 4.52. The van der Waals surface area contributed by atoms with Crippen molar-refractivity contribution in [2.75, 3.05) is 26.2 Å². The summed E-state index contributed by atoms with van der Waals surface area (Å²) >= 11 is 1.73. The molecule has 0 aliphatic carbocycles. The number of thiazole rings is 1. The molecule has 4 rings (SSSR count). The third-order valence-electron chi connectivity index (χ3n) is 5.23. The quantitative estimate of drug-likeness (QED) is 0.925. The Morgan fingerprint density at radius 1 is 1.12 bits per heavy atom. The lowest BCUT2D eigenvalue weighted by Crippen LogP contribution is -2.42. The van der Waals surface area contributed by atoms with Crippen LogP contribution in [-0.4, -0.2) is 46.0 Å². The van der Waals surface area contributed by atoms with E-state index < -0.39 is 0 Å². The topological polar surface area (TPSA) is 53.9 Å². The van der Waals surface area contributed by atoms with Crippen molar-refractivity contribution >= 4 is 11.3 Å². The van der Waals surface area contributed by atoms with Crippen LogP contribution in [0.4, 0.5) is 0 Å². The minimum atomic E-state index is 0.735. The van der Waals surface area contributed by atoms with Gasteiger partial charge in [0, 0.05) is 36.6 Å². The first-order valence-electron chi connectivity index (χ1n) is 9.03. The van der Waals surface area contributed by atoms with Crippen LogP contribution in [0.1, 0.15) is 30.6 Å². The van der Waals surface area contributed by atoms with Crippen LogP contribution < -0.4 is 5.32 Å². The van der Waals surface area contributed by atoms with Crippen LogP contribution in [0.5, 0.6) is 0 Å². The summed E-state index contributed by atoms with van der Waals surface area (Å²) in [5.74, 6) is 2.46. The average Bonchev–Trinajstić information content (AvgIpc) is 3.12. The number of likely N-dealkylation sites (tertiary alicyclic amines) is 1. The Balaban J connectivity index is 1.37. The van der Waals surface area contributed by atoms with Gasteiger partial charge in [0.05, 0.1) is 0 Å². The van der Waals surface area contributed by atoms with Gasteiger partial charge >= 0.3 is 0 Å². The van der Waals surface area contributed by atoms with Crippen LogP contribution in [0.2, 0.25) is 0 Å². The summed E-state index contributed by atoms with van der Waals surface area (Å²) in [6.07, 6.45) is 11.0. The van der Waals surface area contributed by atoms with Crippen molar-refractivity contribution in [1.29, 1.82) is 0 Å². The zero-order chi connectivity index (χ0) is 16.2. The fourth-order valence-corrected chi connectivity index (χ4v) is 4.92. The normalized spacial score (nSPS) is 25.7. The number of hydrogen-bond acceptors (Lipinski definition) is 6. The molecule has 2 aliphatic rings. The molecule has 24 heavy (non-hydrogen) atoms. The number of nitrogens with zero attached hydrogens (tertiary/aromatic N) is 4. The van der Waals surface area contributed by atoms with Gasteiger partial charge < -0.3 is 5.32 Å². The van der Waals surface area contributed by atoms with Crippen LogP contribution in [0.3, 0.4) is 0 Å². The fraction of sp³-hybridized carbons (Fsp3) is 0.611. The number of rotatable bonds is 4. The van der Waals surface area contributed by atoms with Crippen molar-refractivity contribution in [1.82, 2.24) is 25.2 Å². The fourth-order valence-electron chi connectivity index (χ4n) is 4.01. The third-order valence-corrected chi connectivity index (χ3v) is 6.21. The molecule has 6 heteroatoms. The Morgan fingerprint density at radius 3 is 2.83 bits per heavy atom. The molecule has 128 valence electrons. The van der Waals surface area contributed by atoms with E-state index in [9.17, 15) is 0 Å². The smallest absolute Gasteiger partial charge is 0.188 e. The summed E-state index contributed by atoms with van der Waals surface area (Å²) in [6.45, 7) is 5.89. The molecule has 2 aromatic heterocycles. The van der Waals surface area contributed by atoms with Gasteiger partial charge in [-0.3, -0.25) is 4.90 Å². The molecule has 0 saturated carbocycles. The summed E-state index contributed by atoms with van der Waals surface area (Å²) in [6, 6.07) is 1.84. The third kappa shape index (κ3) is 3.82. The van der Waals surface area contributed by atoms with Gasteiger partial charge in [0.25, 0.3) is 0 Å². The largest absolute Gasteiger partial charge is 0.316 e. The zero-order valence-corrected chi connectivity index (χ0v) is 14.8. The first kappa shape index (κ1) is 16.1. The molecular formula is C18H25N5S. The first-order valence-corrected chi connectivity index (χ1v) is 9.85. The Hall–Kier alpha value is -1.37. The molecule has 1 N–H and O–H groups in total. The van der Waals surface area contributed by atoms with Crippen LogP contribution in [-0.2, 0) is 6.54 Å². The molecule has 2 saturated heterocycles. The standard InChI is InChI=1S/C18H25N5S/c1-4-14(10-19-6-1)15-5-2-9-23(12-15)13-16-11-22-18(24-16)17-20-7-3-8-21-17/h3,7-8,11,14-15,19H,1-2,4-6,9-10,12-13H2. The van der Waals surface area contributed by atoms with Crippen molar-refractivity contribution in [3.8, 4) is 10.8 Å². The Labute approximate surface area is 147 Å². The lowest BCUT2D eigenvalue weighted by Gasteiger charge is -2.38. The molecule has 4 heterocycles.